The molecule has 0 amide bonds. The van der Waals surface area contributed by atoms with Crippen molar-refractivity contribution in [3.05, 3.63) is 23.8 Å². The molecule has 0 bridgehead atoms. The second-order valence-corrected chi connectivity index (χ2v) is 4.13. The van der Waals surface area contributed by atoms with E-state index in [9.17, 15) is 9.90 Å². The summed E-state index contributed by atoms with van der Waals surface area (Å²) in [5.41, 5.74) is 0.789. The number of hydrogen-bond acceptors (Lipinski definition) is 4. The van der Waals surface area contributed by atoms with Crippen LogP contribution >= 0.6 is 0 Å². The van der Waals surface area contributed by atoms with Crippen molar-refractivity contribution in [2.24, 2.45) is 0 Å². The van der Waals surface area contributed by atoms with Gasteiger partial charge in [-0.3, -0.25) is 0 Å². The van der Waals surface area contributed by atoms with Gasteiger partial charge in [-0.25, -0.2) is 4.79 Å². The Balaban J connectivity index is 2.73. The Morgan fingerprint density at radius 1 is 1.37 bits per heavy atom. The first kappa shape index (κ1) is 15.3. The summed E-state index contributed by atoms with van der Waals surface area (Å²) >= 11 is 0. The number of unbranched alkanes of at least 4 members (excludes halogenated alkanes) is 1. The quantitative estimate of drug-likeness (QED) is 0.673. The second-order valence-electron chi connectivity index (χ2n) is 4.13. The van der Waals surface area contributed by atoms with Gasteiger partial charge < -0.3 is 19.9 Å². The van der Waals surface area contributed by atoms with Gasteiger partial charge >= 0.3 is 5.97 Å². The summed E-state index contributed by atoms with van der Waals surface area (Å²) in [4.78, 5) is 11.2. The Labute approximate surface area is 113 Å². The van der Waals surface area contributed by atoms with Gasteiger partial charge in [-0.2, -0.15) is 0 Å². The van der Waals surface area contributed by atoms with Crippen LogP contribution in [0.1, 0.15) is 30.1 Å². The monoisotopic (exact) mass is 267 g/mol. The Bertz CT molecular complexity index is 406. The lowest BCUT2D eigenvalue weighted by Crippen LogP contribution is -2.11. The number of carbonyl (C=O) groups is 1. The largest absolute Gasteiger partial charge is 0.494 e. The molecular weight excluding hydrogens is 246 g/mol. The van der Waals surface area contributed by atoms with Crippen molar-refractivity contribution >= 4 is 11.7 Å². The molecule has 0 saturated carbocycles. The number of carboxylic acid groups (broad SMARTS) is 1. The molecule has 2 N–H and O–H groups in total. The number of aromatic carboxylic acids is 1. The topological polar surface area (TPSA) is 67.8 Å². The van der Waals surface area contributed by atoms with E-state index in [0.717, 1.165) is 12.8 Å². The molecular formula is C14H21NO4. The van der Waals surface area contributed by atoms with E-state index in [1.807, 2.05) is 0 Å². The summed E-state index contributed by atoms with van der Waals surface area (Å²) in [7, 11) is 1.60. The smallest absolute Gasteiger partial charge is 0.337 e. The molecule has 1 aromatic rings. The zero-order chi connectivity index (χ0) is 14.1. The van der Waals surface area contributed by atoms with Crippen LogP contribution in [0.4, 0.5) is 5.69 Å². The highest BCUT2D eigenvalue weighted by Gasteiger charge is 2.11. The van der Waals surface area contributed by atoms with Gasteiger partial charge in [0.15, 0.2) is 0 Å². The third kappa shape index (κ3) is 5.18. The molecule has 0 heterocycles. The maximum absolute atomic E-state index is 11.2. The summed E-state index contributed by atoms with van der Waals surface area (Å²) < 4.78 is 10.4. The van der Waals surface area contributed by atoms with Crippen LogP contribution < -0.4 is 10.1 Å². The van der Waals surface area contributed by atoms with E-state index >= 15 is 0 Å². The normalized spacial score (nSPS) is 10.2. The fraction of sp³-hybridized carbons (Fsp3) is 0.500. The lowest BCUT2D eigenvalue weighted by atomic mass is 10.1. The Morgan fingerprint density at radius 3 is 2.79 bits per heavy atom. The third-order valence-corrected chi connectivity index (χ3v) is 2.61. The fourth-order valence-electron chi connectivity index (χ4n) is 1.57. The zero-order valence-electron chi connectivity index (χ0n) is 11.4. The minimum Gasteiger partial charge on any atom is -0.494 e. The highest BCUT2D eigenvalue weighted by atomic mass is 16.5. The molecule has 0 aromatic heterocycles. The molecule has 5 nitrogen and oxygen atoms in total. The zero-order valence-corrected chi connectivity index (χ0v) is 11.4. The van der Waals surface area contributed by atoms with E-state index in [1.54, 1.807) is 25.3 Å². The van der Waals surface area contributed by atoms with Gasteiger partial charge in [0.1, 0.15) is 5.75 Å². The third-order valence-electron chi connectivity index (χ3n) is 2.61. The maximum Gasteiger partial charge on any atom is 0.337 e. The van der Waals surface area contributed by atoms with E-state index in [0.29, 0.717) is 31.2 Å². The molecule has 0 atom stereocenters. The van der Waals surface area contributed by atoms with Crippen LogP contribution in [0.2, 0.25) is 0 Å². The van der Waals surface area contributed by atoms with Crippen molar-refractivity contribution in [1.29, 1.82) is 0 Å². The first-order valence-corrected chi connectivity index (χ1v) is 6.42. The first-order chi connectivity index (χ1) is 9.19. The Hall–Kier alpha value is -1.75. The average molecular weight is 267 g/mol. The minimum atomic E-state index is -0.971. The maximum atomic E-state index is 11.2. The van der Waals surface area contributed by atoms with Crippen LogP contribution in [0.15, 0.2) is 18.2 Å². The number of hydrogen-bond donors (Lipinski definition) is 2. The fourth-order valence-corrected chi connectivity index (χ4v) is 1.57. The van der Waals surface area contributed by atoms with Crippen molar-refractivity contribution < 1.29 is 19.4 Å². The highest BCUT2D eigenvalue weighted by Crippen LogP contribution is 2.22. The molecule has 1 aromatic carbocycles. The number of methoxy groups -OCH3 is 1. The Kier molecular flexibility index (Phi) is 6.74. The number of ether oxygens (including phenoxy) is 2. The number of anilines is 1. The van der Waals surface area contributed by atoms with Crippen LogP contribution in [0.25, 0.3) is 0 Å². The van der Waals surface area contributed by atoms with Gasteiger partial charge in [-0.1, -0.05) is 13.3 Å². The van der Waals surface area contributed by atoms with Crippen molar-refractivity contribution in [2.45, 2.75) is 19.8 Å². The molecule has 0 radical (unpaired) electrons. The van der Waals surface area contributed by atoms with E-state index in [4.69, 9.17) is 9.47 Å². The molecule has 0 spiro atoms. The average Bonchev–Trinajstić information content (AvgIpc) is 2.40. The molecule has 1 rings (SSSR count). The molecule has 19 heavy (non-hydrogen) atoms. The lowest BCUT2D eigenvalue weighted by Gasteiger charge is -2.11. The molecule has 5 heteroatoms. The summed E-state index contributed by atoms with van der Waals surface area (Å²) in [5, 5.41) is 12.2. The van der Waals surface area contributed by atoms with Gasteiger partial charge in [0.05, 0.1) is 18.8 Å². The van der Waals surface area contributed by atoms with Gasteiger partial charge in [-0.15, -0.1) is 0 Å². The Morgan fingerprint density at radius 2 is 2.16 bits per heavy atom. The van der Waals surface area contributed by atoms with Crippen LogP contribution in [0.5, 0.6) is 5.75 Å². The van der Waals surface area contributed by atoms with Gasteiger partial charge in [-0.05, 0) is 24.6 Å². The van der Waals surface area contributed by atoms with Crippen molar-refractivity contribution in [1.82, 2.24) is 0 Å². The molecule has 106 valence electrons. The number of rotatable bonds is 9. The van der Waals surface area contributed by atoms with Gasteiger partial charge in [0.2, 0.25) is 0 Å². The number of benzene rings is 1. The van der Waals surface area contributed by atoms with Crippen molar-refractivity contribution in [3.8, 4) is 5.75 Å². The van der Waals surface area contributed by atoms with Gasteiger partial charge in [0.25, 0.3) is 0 Å². The van der Waals surface area contributed by atoms with Crippen LogP contribution in [0, 0.1) is 0 Å². The summed E-state index contributed by atoms with van der Waals surface area (Å²) in [6.07, 6.45) is 2.00. The van der Waals surface area contributed by atoms with Crippen LogP contribution in [-0.4, -0.2) is 37.9 Å². The first-order valence-electron chi connectivity index (χ1n) is 6.42. The van der Waals surface area contributed by atoms with Crippen molar-refractivity contribution in [2.75, 3.05) is 32.2 Å². The SMILES string of the molecule is CCCCOc1ccc(NCCOC)c(C(=O)O)c1. The van der Waals surface area contributed by atoms with E-state index in [1.165, 1.54) is 0 Å². The van der Waals surface area contributed by atoms with Crippen LogP contribution in [0.3, 0.4) is 0 Å². The predicted octanol–water partition coefficient (Wildman–Crippen LogP) is 2.62. The second kappa shape index (κ2) is 8.37. The summed E-state index contributed by atoms with van der Waals surface area (Å²) in [5.74, 6) is -0.385. The van der Waals surface area contributed by atoms with Crippen LogP contribution in [-0.2, 0) is 4.74 Å². The predicted molar refractivity (Wildman–Crippen MR) is 74.2 cm³/mol. The molecule has 0 fully saturated rings. The van der Waals surface area contributed by atoms with E-state index in [2.05, 4.69) is 12.2 Å². The minimum absolute atomic E-state index is 0.213. The molecule has 0 aliphatic rings. The highest BCUT2D eigenvalue weighted by molar-refractivity contribution is 5.94. The van der Waals surface area contributed by atoms with Gasteiger partial charge in [0, 0.05) is 19.3 Å². The number of nitrogens with one attached hydrogen (secondary N) is 1. The molecule has 0 aliphatic heterocycles. The molecule has 0 unspecified atom stereocenters. The summed E-state index contributed by atoms with van der Waals surface area (Å²) in [6.45, 7) is 3.77. The van der Waals surface area contributed by atoms with Crippen molar-refractivity contribution in [3.63, 3.8) is 0 Å². The summed E-state index contributed by atoms with van der Waals surface area (Å²) in [6, 6.07) is 5.05. The molecule has 0 aliphatic carbocycles. The lowest BCUT2D eigenvalue weighted by molar-refractivity contribution is 0.0697. The van der Waals surface area contributed by atoms with E-state index in [-0.39, 0.29) is 5.56 Å². The standard InChI is InChI=1S/C14H21NO4/c1-3-4-8-19-11-5-6-13(15-7-9-18-2)12(10-11)14(16)17/h5-6,10,15H,3-4,7-9H2,1-2H3,(H,16,17). The van der Waals surface area contributed by atoms with E-state index < -0.39 is 5.97 Å². The molecule has 0 saturated heterocycles. The number of carboxylic acids is 1.